The number of fused-ring (bicyclic) bond motifs is 1. The first-order chi connectivity index (χ1) is 14.2. The third-order valence-corrected chi connectivity index (χ3v) is 5.00. The van der Waals surface area contributed by atoms with Crippen molar-refractivity contribution < 1.29 is 9.90 Å². The van der Waals surface area contributed by atoms with Crippen molar-refractivity contribution in [3.63, 3.8) is 0 Å². The smallest absolute Gasteiger partial charge is 0.241 e. The standard InChI is InChI=1S/C21H18N6O2/c28-19-4-2-1-3-15(19)17-11-18-16(24-25-17)7-9-27(18)20-6-5-14(12-23-20)26-10-8-22-13-21(26)29/h1-7,9,11-12,22,28H,8,10,13H2. The number of piperazine rings is 1. The Morgan fingerprint density at radius 2 is 1.97 bits per heavy atom. The van der Waals surface area contributed by atoms with Crippen molar-refractivity contribution in [3.8, 4) is 22.8 Å². The second kappa shape index (κ2) is 6.99. The largest absolute Gasteiger partial charge is 0.507 e. The number of hydrogen-bond acceptors (Lipinski definition) is 6. The Balaban J connectivity index is 1.52. The molecule has 1 aromatic carbocycles. The zero-order valence-corrected chi connectivity index (χ0v) is 15.5. The Labute approximate surface area is 166 Å². The molecule has 2 N–H and O–H groups in total. The van der Waals surface area contributed by atoms with E-state index < -0.39 is 0 Å². The maximum absolute atomic E-state index is 12.1. The molecule has 0 unspecified atom stereocenters. The molecule has 3 aromatic heterocycles. The summed E-state index contributed by atoms with van der Waals surface area (Å²) in [6, 6.07) is 14.6. The fourth-order valence-corrected chi connectivity index (χ4v) is 3.51. The Morgan fingerprint density at radius 1 is 1.07 bits per heavy atom. The summed E-state index contributed by atoms with van der Waals surface area (Å²) in [6.07, 6.45) is 3.59. The number of para-hydroxylation sites is 1. The lowest BCUT2D eigenvalue weighted by Gasteiger charge is -2.27. The lowest BCUT2D eigenvalue weighted by Crippen LogP contribution is -2.48. The SMILES string of the molecule is O=C1CNCCN1c1ccc(-n2ccc3nnc(-c4ccccc4O)cc32)nc1. The highest BCUT2D eigenvalue weighted by atomic mass is 16.3. The fraction of sp³-hybridized carbons (Fsp3) is 0.143. The maximum atomic E-state index is 12.1. The molecule has 0 atom stereocenters. The third kappa shape index (κ3) is 3.09. The number of benzene rings is 1. The van der Waals surface area contributed by atoms with E-state index >= 15 is 0 Å². The summed E-state index contributed by atoms with van der Waals surface area (Å²) >= 11 is 0. The number of nitrogens with one attached hydrogen (secondary N) is 1. The minimum Gasteiger partial charge on any atom is -0.507 e. The number of amides is 1. The van der Waals surface area contributed by atoms with Gasteiger partial charge in [0, 0.05) is 24.8 Å². The van der Waals surface area contributed by atoms with E-state index in [0.717, 1.165) is 23.3 Å². The number of nitrogens with zero attached hydrogens (tertiary/aromatic N) is 5. The number of carbonyl (C=O) groups excluding carboxylic acids is 1. The number of hydrogen-bond donors (Lipinski definition) is 2. The predicted molar refractivity (Wildman–Crippen MR) is 109 cm³/mol. The molecule has 8 nitrogen and oxygen atoms in total. The average Bonchev–Trinajstić information content (AvgIpc) is 3.18. The summed E-state index contributed by atoms with van der Waals surface area (Å²) in [6.45, 7) is 1.74. The maximum Gasteiger partial charge on any atom is 0.241 e. The summed E-state index contributed by atoms with van der Waals surface area (Å²) in [5.74, 6) is 0.907. The van der Waals surface area contributed by atoms with E-state index in [1.807, 2.05) is 41.1 Å². The van der Waals surface area contributed by atoms with Crippen LogP contribution in [0, 0.1) is 0 Å². The summed E-state index contributed by atoms with van der Waals surface area (Å²) in [4.78, 5) is 18.4. The van der Waals surface area contributed by atoms with E-state index in [1.165, 1.54) is 0 Å². The van der Waals surface area contributed by atoms with Crippen LogP contribution in [0.15, 0.2) is 60.9 Å². The summed E-state index contributed by atoms with van der Waals surface area (Å²) in [5, 5.41) is 21.7. The van der Waals surface area contributed by atoms with Gasteiger partial charge in [0.15, 0.2) is 0 Å². The zero-order chi connectivity index (χ0) is 19.8. The first kappa shape index (κ1) is 17.3. The van der Waals surface area contributed by atoms with E-state index in [-0.39, 0.29) is 11.7 Å². The number of pyridine rings is 1. The molecule has 1 aliphatic heterocycles. The highest BCUT2D eigenvalue weighted by Gasteiger charge is 2.19. The Hall–Kier alpha value is -3.78. The van der Waals surface area contributed by atoms with Crippen LogP contribution in [0.4, 0.5) is 5.69 Å². The van der Waals surface area contributed by atoms with Gasteiger partial charge in [-0.25, -0.2) is 4.98 Å². The summed E-state index contributed by atoms with van der Waals surface area (Å²) in [7, 11) is 0. The van der Waals surface area contributed by atoms with Gasteiger partial charge in [-0.2, -0.15) is 0 Å². The topological polar surface area (TPSA) is 96.2 Å². The molecule has 5 rings (SSSR count). The molecule has 0 saturated carbocycles. The average molecular weight is 386 g/mol. The van der Waals surface area contributed by atoms with Gasteiger partial charge in [-0.3, -0.25) is 9.36 Å². The van der Waals surface area contributed by atoms with Crippen LogP contribution in [0.25, 0.3) is 28.1 Å². The van der Waals surface area contributed by atoms with E-state index in [0.29, 0.717) is 30.2 Å². The van der Waals surface area contributed by atoms with Crippen molar-refractivity contribution in [1.82, 2.24) is 25.1 Å². The molecule has 1 amide bonds. The third-order valence-electron chi connectivity index (χ3n) is 5.00. The lowest BCUT2D eigenvalue weighted by atomic mass is 10.1. The number of aromatic nitrogens is 4. The Bertz CT molecular complexity index is 1200. The van der Waals surface area contributed by atoms with Crippen molar-refractivity contribution in [3.05, 3.63) is 60.9 Å². The van der Waals surface area contributed by atoms with Gasteiger partial charge >= 0.3 is 0 Å². The highest BCUT2D eigenvalue weighted by Crippen LogP contribution is 2.29. The van der Waals surface area contributed by atoms with Crippen LogP contribution in [0.5, 0.6) is 5.75 Å². The first-order valence-electron chi connectivity index (χ1n) is 9.31. The molecule has 4 aromatic rings. The molecule has 0 aliphatic carbocycles. The van der Waals surface area contributed by atoms with Crippen LogP contribution in [-0.4, -0.2) is 50.4 Å². The second-order valence-electron chi connectivity index (χ2n) is 6.80. The molecule has 4 heterocycles. The van der Waals surface area contributed by atoms with Gasteiger partial charge in [0.1, 0.15) is 17.1 Å². The van der Waals surface area contributed by atoms with Crippen LogP contribution in [-0.2, 0) is 4.79 Å². The van der Waals surface area contributed by atoms with Crippen LogP contribution in [0.3, 0.4) is 0 Å². The first-order valence-corrected chi connectivity index (χ1v) is 9.31. The molecule has 8 heteroatoms. The zero-order valence-electron chi connectivity index (χ0n) is 15.5. The number of phenols is 1. The van der Waals surface area contributed by atoms with Gasteiger partial charge in [0.05, 0.1) is 29.6 Å². The Kier molecular flexibility index (Phi) is 4.18. The van der Waals surface area contributed by atoms with E-state index in [1.54, 1.807) is 29.3 Å². The predicted octanol–water partition coefficient (Wildman–Crippen LogP) is 2.12. The molecule has 0 bridgehead atoms. The van der Waals surface area contributed by atoms with Gasteiger partial charge in [-0.1, -0.05) is 12.1 Å². The van der Waals surface area contributed by atoms with Crippen molar-refractivity contribution in [2.45, 2.75) is 0 Å². The molecular formula is C21H18N6O2. The molecular weight excluding hydrogens is 368 g/mol. The minimum atomic E-state index is 0.0415. The van der Waals surface area contributed by atoms with E-state index in [4.69, 9.17) is 0 Å². The number of rotatable bonds is 3. The van der Waals surface area contributed by atoms with Crippen LogP contribution >= 0.6 is 0 Å². The number of aromatic hydroxyl groups is 1. The van der Waals surface area contributed by atoms with E-state index in [2.05, 4.69) is 20.5 Å². The molecule has 1 aliphatic rings. The molecule has 1 fully saturated rings. The quantitative estimate of drug-likeness (QED) is 0.560. The molecule has 144 valence electrons. The van der Waals surface area contributed by atoms with Gasteiger partial charge in [-0.05, 0) is 36.4 Å². The molecule has 1 saturated heterocycles. The van der Waals surface area contributed by atoms with Crippen molar-refractivity contribution in [2.75, 3.05) is 24.5 Å². The van der Waals surface area contributed by atoms with Crippen LogP contribution in [0.2, 0.25) is 0 Å². The van der Waals surface area contributed by atoms with E-state index in [9.17, 15) is 9.90 Å². The van der Waals surface area contributed by atoms with Crippen molar-refractivity contribution in [2.24, 2.45) is 0 Å². The molecule has 29 heavy (non-hydrogen) atoms. The normalized spacial score (nSPS) is 14.5. The molecule has 0 spiro atoms. The fourth-order valence-electron chi connectivity index (χ4n) is 3.51. The number of phenolic OH excluding ortho intramolecular Hbond substituents is 1. The second-order valence-corrected chi connectivity index (χ2v) is 6.80. The number of anilines is 1. The lowest BCUT2D eigenvalue weighted by molar-refractivity contribution is -0.118. The van der Waals surface area contributed by atoms with Gasteiger partial charge in [0.25, 0.3) is 0 Å². The minimum absolute atomic E-state index is 0.0415. The summed E-state index contributed by atoms with van der Waals surface area (Å²) in [5.41, 5.74) is 3.55. The number of carbonyl (C=O) groups is 1. The van der Waals surface area contributed by atoms with Crippen LogP contribution in [0.1, 0.15) is 0 Å². The van der Waals surface area contributed by atoms with Gasteiger partial charge in [-0.15, -0.1) is 10.2 Å². The monoisotopic (exact) mass is 386 g/mol. The van der Waals surface area contributed by atoms with Gasteiger partial charge < -0.3 is 15.3 Å². The van der Waals surface area contributed by atoms with Crippen molar-refractivity contribution in [1.29, 1.82) is 0 Å². The van der Waals surface area contributed by atoms with Crippen molar-refractivity contribution >= 4 is 22.6 Å². The summed E-state index contributed by atoms with van der Waals surface area (Å²) < 4.78 is 1.91. The molecule has 0 radical (unpaired) electrons. The van der Waals surface area contributed by atoms with Gasteiger partial charge in [0.2, 0.25) is 5.91 Å². The highest BCUT2D eigenvalue weighted by molar-refractivity contribution is 5.95. The Morgan fingerprint density at radius 3 is 2.76 bits per heavy atom. The van der Waals surface area contributed by atoms with Crippen LogP contribution < -0.4 is 10.2 Å².